The zero-order valence-electron chi connectivity index (χ0n) is 10.1. The van der Waals surface area contributed by atoms with Crippen molar-refractivity contribution in [2.45, 2.75) is 33.2 Å². The van der Waals surface area contributed by atoms with E-state index in [4.69, 9.17) is 10.5 Å². The molecule has 0 aliphatic rings. The lowest BCUT2D eigenvalue weighted by atomic mass is 10.1. The molecule has 0 spiro atoms. The molecule has 1 aromatic rings. The summed E-state index contributed by atoms with van der Waals surface area (Å²) in [5.41, 5.74) is 8.81. The second kappa shape index (κ2) is 6.28. The van der Waals surface area contributed by atoms with Gasteiger partial charge in [0.15, 0.2) is 0 Å². The predicted molar refractivity (Wildman–Crippen MR) is 66.5 cm³/mol. The lowest BCUT2D eigenvalue weighted by Gasteiger charge is -2.12. The molecular weight excluding hydrogens is 200 g/mol. The van der Waals surface area contributed by atoms with E-state index in [1.165, 1.54) is 0 Å². The maximum Gasteiger partial charge on any atom is 0.218 e. The van der Waals surface area contributed by atoms with E-state index < -0.39 is 0 Å². The van der Waals surface area contributed by atoms with Gasteiger partial charge in [0.25, 0.3) is 0 Å². The minimum Gasteiger partial charge on any atom is -0.477 e. The molecule has 0 fully saturated rings. The standard InChI is InChI=1S/C13H20N2O/c1-4-5-6-7-16-13-12(9-14)10(2)8-11(3)15-13/h4,8H,1,5-7,9,14H2,2-3H3. The van der Waals surface area contributed by atoms with Gasteiger partial charge >= 0.3 is 0 Å². The SMILES string of the molecule is C=CCCCOc1nc(C)cc(C)c1CN. The first-order valence-corrected chi connectivity index (χ1v) is 5.60. The summed E-state index contributed by atoms with van der Waals surface area (Å²) in [6.45, 7) is 8.80. The fourth-order valence-electron chi connectivity index (χ4n) is 1.59. The number of allylic oxidation sites excluding steroid dienone is 1. The molecule has 0 aromatic carbocycles. The van der Waals surface area contributed by atoms with E-state index in [-0.39, 0.29) is 0 Å². The van der Waals surface area contributed by atoms with Crippen LogP contribution < -0.4 is 10.5 Å². The van der Waals surface area contributed by atoms with Crippen LogP contribution >= 0.6 is 0 Å². The van der Waals surface area contributed by atoms with Crippen molar-refractivity contribution in [3.63, 3.8) is 0 Å². The minimum atomic E-state index is 0.468. The van der Waals surface area contributed by atoms with E-state index >= 15 is 0 Å². The molecule has 0 atom stereocenters. The molecule has 0 aliphatic carbocycles. The van der Waals surface area contributed by atoms with Crippen molar-refractivity contribution in [2.75, 3.05) is 6.61 Å². The Labute approximate surface area is 97.3 Å². The number of pyridine rings is 1. The smallest absolute Gasteiger partial charge is 0.218 e. The molecule has 0 saturated carbocycles. The Morgan fingerprint density at radius 3 is 2.88 bits per heavy atom. The van der Waals surface area contributed by atoms with E-state index in [0.29, 0.717) is 19.0 Å². The first kappa shape index (κ1) is 12.7. The third-order valence-corrected chi connectivity index (χ3v) is 2.43. The second-order valence-electron chi connectivity index (χ2n) is 3.85. The van der Waals surface area contributed by atoms with Gasteiger partial charge in [0.05, 0.1) is 6.61 Å². The quantitative estimate of drug-likeness (QED) is 0.592. The first-order chi connectivity index (χ1) is 7.69. The molecule has 0 aliphatic heterocycles. The fourth-order valence-corrected chi connectivity index (χ4v) is 1.59. The average molecular weight is 220 g/mol. The normalized spacial score (nSPS) is 10.2. The molecular formula is C13H20N2O. The summed E-state index contributed by atoms with van der Waals surface area (Å²) in [4.78, 5) is 4.37. The van der Waals surface area contributed by atoms with Crippen molar-refractivity contribution in [1.29, 1.82) is 0 Å². The number of rotatable bonds is 6. The lowest BCUT2D eigenvalue weighted by molar-refractivity contribution is 0.296. The molecule has 1 heterocycles. The van der Waals surface area contributed by atoms with Crippen molar-refractivity contribution in [3.8, 4) is 5.88 Å². The zero-order chi connectivity index (χ0) is 12.0. The minimum absolute atomic E-state index is 0.468. The van der Waals surface area contributed by atoms with Crippen molar-refractivity contribution in [1.82, 2.24) is 4.98 Å². The summed E-state index contributed by atoms with van der Waals surface area (Å²) in [6, 6.07) is 2.03. The summed E-state index contributed by atoms with van der Waals surface area (Å²) >= 11 is 0. The molecule has 3 heteroatoms. The highest BCUT2D eigenvalue weighted by atomic mass is 16.5. The number of hydrogen-bond acceptors (Lipinski definition) is 3. The molecule has 0 bridgehead atoms. The Bertz CT molecular complexity index is 361. The highest BCUT2D eigenvalue weighted by Crippen LogP contribution is 2.20. The lowest BCUT2D eigenvalue weighted by Crippen LogP contribution is -2.08. The summed E-state index contributed by atoms with van der Waals surface area (Å²) in [7, 11) is 0. The Morgan fingerprint density at radius 2 is 2.25 bits per heavy atom. The van der Waals surface area contributed by atoms with E-state index in [9.17, 15) is 0 Å². The van der Waals surface area contributed by atoms with Crippen LogP contribution in [0.3, 0.4) is 0 Å². The van der Waals surface area contributed by atoms with E-state index in [1.807, 2.05) is 26.0 Å². The molecule has 0 radical (unpaired) electrons. The van der Waals surface area contributed by atoms with Gasteiger partial charge in [-0.2, -0.15) is 0 Å². The van der Waals surface area contributed by atoms with Gasteiger partial charge in [-0.15, -0.1) is 6.58 Å². The maximum atomic E-state index is 5.70. The Balaban J connectivity index is 2.73. The van der Waals surface area contributed by atoms with Crippen LogP contribution in [0.5, 0.6) is 5.88 Å². The molecule has 0 unspecified atom stereocenters. The number of aromatic nitrogens is 1. The van der Waals surface area contributed by atoms with Crippen LogP contribution in [0.25, 0.3) is 0 Å². The predicted octanol–water partition coefficient (Wildman–Crippen LogP) is 2.50. The highest BCUT2D eigenvalue weighted by Gasteiger charge is 2.08. The van der Waals surface area contributed by atoms with E-state index in [0.717, 1.165) is 29.7 Å². The molecule has 16 heavy (non-hydrogen) atoms. The van der Waals surface area contributed by atoms with Gasteiger partial charge in [-0.05, 0) is 38.3 Å². The summed E-state index contributed by atoms with van der Waals surface area (Å²) in [5.74, 6) is 0.684. The monoisotopic (exact) mass is 220 g/mol. The molecule has 0 saturated heterocycles. The second-order valence-corrected chi connectivity index (χ2v) is 3.85. The third kappa shape index (κ3) is 3.35. The van der Waals surface area contributed by atoms with Crippen LogP contribution in [-0.4, -0.2) is 11.6 Å². The van der Waals surface area contributed by atoms with Crippen LogP contribution in [0.15, 0.2) is 18.7 Å². The highest BCUT2D eigenvalue weighted by molar-refractivity contribution is 5.35. The summed E-state index contributed by atoms with van der Waals surface area (Å²) in [5, 5.41) is 0. The molecule has 1 aromatic heterocycles. The number of hydrogen-bond donors (Lipinski definition) is 1. The maximum absolute atomic E-state index is 5.70. The fraction of sp³-hybridized carbons (Fsp3) is 0.462. The molecule has 88 valence electrons. The average Bonchev–Trinajstić information content (AvgIpc) is 2.24. The van der Waals surface area contributed by atoms with Gasteiger partial charge in [0, 0.05) is 17.8 Å². The van der Waals surface area contributed by atoms with Crippen molar-refractivity contribution >= 4 is 0 Å². The van der Waals surface area contributed by atoms with Crippen LogP contribution in [0.1, 0.15) is 29.7 Å². The zero-order valence-corrected chi connectivity index (χ0v) is 10.1. The van der Waals surface area contributed by atoms with Crippen molar-refractivity contribution in [2.24, 2.45) is 5.73 Å². The van der Waals surface area contributed by atoms with Gasteiger partial charge in [0.1, 0.15) is 0 Å². The summed E-state index contributed by atoms with van der Waals surface area (Å²) < 4.78 is 5.65. The van der Waals surface area contributed by atoms with Crippen LogP contribution in [0, 0.1) is 13.8 Å². The van der Waals surface area contributed by atoms with Crippen molar-refractivity contribution in [3.05, 3.63) is 35.5 Å². The number of ether oxygens (including phenoxy) is 1. The van der Waals surface area contributed by atoms with Gasteiger partial charge in [-0.1, -0.05) is 6.08 Å². The molecule has 2 N–H and O–H groups in total. The van der Waals surface area contributed by atoms with Crippen LogP contribution in [0.2, 0.25) is 0 Å². The van der Waals surface area contributed by atoms with Gasteiger partial charge in [-0.25, -0.2) is 4.98 Å². The Hall–Kier alpha value is -1.35. The number of unbranched alkanes of at least 4 members (excludes halogenated alkanes) is 1. The summed E-state index contributed by atoms with van der Waals surface area (Å²) in [6.07, 6.45) is 3.81. The Morgan fingerprint density at radius 1 is 1.50 bits per heavy atom. The molecule has 3 nitrogen and oxygen atoms in total. The number of nitrogens with two attached hydrogens (primary N) is 1. The topological polar surface area (TPSA) is 48.1 Å². The van der Waals surface area contributed by atoms with Gasteiger partial charge in [0.2, 0.25) is 5.88 Å². The molecule has 1 rings (SSSR count). The first-order valence-electron chi connectivity index (χ1n) is 5.60. The third-order valence-electron chi connectivity index (χ3n) is 2.43. The largest absolute Gasteiger partial charge is 0.477 e. The molecule has 0 amide bonds. The van der Waals surface area contributed by atoms with Crippen molar-refractivity contribution < 1.29 is 4.74 Å². The van der Waals surface area contributed by atoms with E-state index in [2.05, 4.69) is 11.6 Å². The number of aryl methyl sites for hydroxylation is 2. The number of nitrogens with zero attached hydrogens (tertiary/aromatic N) is 1. The van der Waals surface area contributed by atoms with Gasteiger partial charge in [-0.3, -0.25) is 0 Å². The van der Waals surface area contributed by atoms with Crippen LogP contribution in [-0.2, 0) is 6.54 Å². The van der Waals surface area contributed by atoms with Gasteiger partial charge < -0.3 is 10.5 Å². The Kier molecular flexibility index (Phi) is 4.99. The van der Waals surface area contributed by atoms with E-state index in [1.54, 1.807) is 0 Å². The van der Waals surface area contributed by atoms with Crippen LogP contribution in [0.4, 0.5) is 0 Å².